The van der Waals surface area contributed by atoms with Crippen LogP contribution in [0, 0.1) is 5.92 Å². The highest BCUT2D eigenvalue weighted by Gasteiger charge is 2.38. The number of hydrogen-bond donors (Lipinski definition) is 1. The van der Waals surface area contributed by atoms with Crippen molar-refractivity contribution in [3.05, 3.63) is 21.2 Å². The van der Waals surface area contributed by atoms with Gasteiger partial charge in [-0.2, -0.15) is 0 Å². The Bertz CT molecular complexity index is 452. The Hall–Kier alpha value is -0.130. The smallest absolute Gasteiger partial charge is 0.140 e. The molecule has 0 saturated carbocycles. The molecule has 0 spiro atoms. The van der Waals surface area contributed by atoms with Gasteiger partial charge in [-0.1, -0.05) is 0 Å². The van der Waals surface area contributed by atoms with Crippen LogP contribution in [-0.2, 0) is 0 Å². The van der Waals surface area contributed by atoms with E-state index >= 15 is 0 Å². The Morgan fingerprint density at radius 3 is 2.63 bits per heavy atom. The van der Waals surface area contributed by atoms with Gasteiger partial charge in [0, 0.05) is 29.3 Å². The van der Waals surface area contributed by atoms with Crippen molar-refractivity contribution in [1.82, 2.24) is 9.88 Å². The van der Waals surface area contributed by atoms with Crippen molar-refractivity contribution in [1.29, 1.82) is 0 Å². The van der Waals surface area contributed by atoms with Crippen LogP contribution >= 0.6 is 31.9 Å². The average Bonchev–Trinajstić information content (AvgIpc) is 2.62. The Balaban J connectivity index is 1.58. The van der Waals surface area contributed by atoms with Crippen LogP contribution < -0.4 is 5.32 Å². The van der Waals surface area contributed by atoms with Crippen molar-refractivity contribution in [2.24, 2.45) is 5.92 Å². The van der Waals surface area contributed by atoms with Crippen LogP contribution in [0.5, 0.6) is 0 Å². The maximum atomic E-state index is 4.42. The summed E-state index contributed by atoms with van der Waals surface area (Å²) in [5.74, 6) is 1.74. The van der Waals surface area contributed by atoms with Gasteiger partial charge >= 0.3 is 0 Å². The molecule has 0 amide bonds. The van der Waals surface area contributed by atoms with Crippen molar-refractivity contribution in [2.45, 2.75) is 37.8 Å². The zero-order valence-corrected chi connectivity index (χ0v) is 14.2. The van der Waals surface area contributed by atoms with Gasteiger partial charge in [0.25, 0.3) is 0 Å². The molecule has 0 radical (unpaired) electrons. The number of nitrogens with zero attached hydrogens (tertiary/aromatic N) is 2. The van der Waals surface area contributed by atoms with Crippen LogP contribution in [0.1, 0.15) is 25.7 Å². The SMILES string of the molecule is CN1C2CCC1CC(CNc1ncc(Br)cc1Br)C2. The van der Waals surface area contributed by atoms with Crippen molar-refractivity contribution >= 4 is 37.7 Å². The lowest BCUT2D eigenvalue weighted by atomic mass is 9.91. The van der Waals surface area contributed by atoms with Gasteiger partial charge in [0.05, 0.1) is 4.47 Å². The van der Waals surface area contributed by atoms with Gasteiger partial charge in [-0.3, -0.25) is 0 Å². The summed E-state index contributed by atoms with van der Waals surface area (Å²) in [7, 11) is 2.29. The normalized spacial score (nSPS) is 30.6. The van der Waals surface area contributed by atoms with Crippen LogP contribution in [-0.4, -0.2) is 35.6 Å². The summed E-state index contributed by atoms with van der Waals surface area (Å²) in [5.41, 5.74) is 0. The number of piperidine rings is 1. The molecule has 0 aromatic carbocycles. The van der Waals surface area contributed by atoms with E-state index in [-0.39, 0.29) is 0 Å². The third-order valence-electron chi connectivity index (χ3n) is 4.56. The molecule has 0 aliphatic carbocycles. The van der Waals surface area contributed by atoms with E-state index in [1.165, 1.54) is 25.7 Å². The number of hydrogen-bond acceptors (Lipinski definition) is 3. The summed E-state index contributed by atoms with van der Waals surface area (Å²) in [6.45, 7) is 1.04. The number of fused-ring (bicyclic) bond motifs is 2. The average molecular weight is 389 g/mol. The van der Waals surface area contributed by atoms with Gasteiger partial charge in [-0.05, 0) is 76.6 Å². The zero-order chi connectivity index (χ0) is 13.4. The predicted molar refractivity (Wildman–Crippen MR) is 85.4 cm³/mol. The van der Waals surface area contributed by atoms with Gasteiger partial charge in [-0.15, -0.1) is 0 Å². The molecule has 5 heteroatoms. The third-order valence-corrected chi connectivity index (χ3v) is 5.60. The first-order valence-corrected chi connectivity index (χ1v) is 8.49. The summed E-state index contributed by atoms with van der Waals surface area (Å²) in [6, 6.07) is 3.66. The molecule has 2 aliphatic heterocycles. The molecule has 3 nitrogen and oxygen atoms in total. The molecule has 2 fully saturated rings. The fourth-order valence-electron chi connectivity index (χ4n) is 3.48. The van der Waals surface area contributed by atoms with Crippen molar-refractivity contribution < 1.29 is 0 Å². The van der Waals surface area contributed by atoms with E-state index in [9.17, 15) is 0 Å². The van der Waals surface area contributed by atoms with Crippen molar-refractivity contribution in [2.75, 3.05) is 18.9 Å². The number of anilines is 1. The molecule has 19 heavy (non-hydrogen) atoms. The van der Waals surface area contributed by atoms with E-state index in [1.54, 1.807) is 0 Å². The highest BCUT2D eigenvalue weighted by molar-refractivity contribution is 9.11. The number of nitrogens with one attached hydrogen (secondary N) is 1. The van der Waals surface area contributed by atoms with E-state index in [4.69, 9.17) is 0 Å². The molecule has 2 aliphatic rings. The maximum absolute atomic E-state index is 4.42. The second-order valence-corrected chi connectivity index (χ2v) is 7.52. The first-order valence-electron chi connectivity index (χ1n) is 6.90. The number of aromatic nitrogens is 1. The molecule has 1 aromatic rings. The highest BCUT2D eigenvalue weighted by Crippen LogP contribution is 2.37. The molecule has 3 rings (SSSR count). The number of pyridine rings is 1. The van der Waals surface area contributed by atoms with Crippen LogP contribution in [0.3, 0.4) is 0 Å². The lowest BCUT2D eigenvalue weighted by Gasteiger charge is -2.36. The van der Waals surface area contributed by atoms with E-state index in [0.717, 1.165) is 39.3 Å². The fourth-order valence-corrected chi connectivity index (χ4v) is 4.60. The minimum absolute atomic E-state index is 0.783. The van der Waals surface area contributed by atoms with Crippen LogP contribution in [0.4, 0.5) is 5.82 Å². The Morgan fingerprint density at radius 1 is 1.32 bits per heavy atom. The molecule has 1 aromatic heterocycles. The van der Waals surface area contributed by atoms with E-state index in [0.29, 0.717) is 0 Å². The van der Waals surface area contributed by atoms with Crippen LogP contribution in [0.2, 0.25) is 0 Å². The molecule has 1 N–H and O–H groups in total. The van der Waals surface area contributed by atoms with Crippen LogP contribution in [0.25, 0.3) is 0 Å². The second kappa shape index (κ2) is 5.70. The van der Waals surface area contributed by atoms with Crippen molar-refractivity contribution in [3.63, 3.8) is 0 Å². The van der Waals surface area contributed by atoms with E-state index in [1.807, 2.05) is 12.3 Å². The Labute approximate surface area is 131 Å². The molecular formula is C14H19Br2N3. The fraction of sp³-hybridized carbons (Fsp3) is 0.643. The minimum Gasteiger partial charge on any atom is -0.369 e. The molecule has 2 saturated heterocycles. The molecule has 2 atom stereocenters. The molecular weight excluding hydrogens is 370 g/mol. The molecule has 3 heterocycles. The number of rotatable bonds is 3. The standard InChI is InChI=1S/C14H19Br2N3/c1-19-11-2-3-12(19)5-9(4-11)7-17-14-13(16)6-10(15)8-18-14/h6,8-9,11-12H,2-5,7H2,1H3,(H,17,18). The van der Waals surface area contributed by atoms with Gasteiger partial charge in [0.15, 0.2) is 0 Å². The predicted octanol–water partition coefficient (Wildman–Crippen LogP) is 3.89. The van der Waals surface area contributed by atoms with E-state index in [2.05, 4.69) is 54.1 Å². The summed E-state index contributed by atoms with van der Waals surface area (Å²) in [6.07, 6.45) is 7.27. The van der Waals surface area contributed by atoms with E-state index < -0.39 is 0 Å². The van der Waals surface area contributed by atoms with Gasteiger partial charge in [0.2, 0.25) is 0 Å². The first kappa shape index (κ1) is 13.8. The lowest BCUT2D eigenvalue weighted by molar-refractivity contribution is 0.139. The first-order chi connectivity index (χ1) is 9.13. The summed E-state index contributed by atoms with van der Waals surface area (Å²) < 4.78 is 2.03. The highest BCUT2D eigenvalue weighted by atomic mass is 79.9. The van der Waals surface area contributed by atoms with Crippen LogP contribution in [0.15, 0.2) is 21.2 Å². The Morgan fingerprint density at radius 2 is 2.00 bits per heavy atom. The second-order valence-electron chi connectivity index (χ2n) is 5.75. The van der Waals surface area contributed by atoms with Gasteiger partial charge in [0.1, 0.15) is 5.82 Å². The minimum atomic E-state index is 0.783. The monoisotopic (exact) mass is 387 g/mol. The van der Waals surface area contributed by atoms with Gasteiger partial charge < -0.3 is 10.2 Å². The summed E-state index contributed by atoms with van der Waals surface area (Å²) in [5, 5.41) is 3.50. The quantitative estimate of drug-likeness (QED) is 0.851. The zero-order valence-electron chi connectivity index (χ0n) is 11.1. The third kappa shape index (κ3) is 2.98. The maximum Gasteiger partial charge on any atom is 0.140 e. The van der Waals surface area contributed by atoms with Crippen molar-refractivity contribution in [3.8, 4) is 0 Å². The lowest BCUT2D eigenvalue weighted by Crippen LogP contribution is -2.41. The summed E-state index contributed by atoms with van der Waals surface area (Å²) in [4.78, 5) is 7.00. The Kier molecular flexibility index (Phi) is 4.15. The largest absolute Gasteiger partial charge is 0.369 e. The topological polar surface area (TPSA) is 28.2 Å². The number of halogens is 2. The molecule has 2 bridgehead atoms. The molecule has 2 unspecified atom stereocenters. The van der Waals surface area contributed by atoms with Gasteiger partial charge in [-0.25, -0.2) is 4.98 Å². The molecule has 104 valence electrons. The summed E-state index contributed by atoms with van der Waals surface area (Å²) >= 11 is 6.98.